The van der Waals surface area contributed by atoms with E-state index in [2.05, 4.69) is 10.1 Å². The van der Waals surface area contributed by atoms with Crippen molar-refractivity contribution in [3.8, 4) is 0 Å². The van der Waals surface area contributed by atoms with Crippen LogP contribution in [0.4, 0.5) is 9.18 Å². The van der Waals surface area contributed by atoms with Crippen molar-refractivity contribution in [3.63, 3.8) is 0 Å². The minimum atomic E-state index is -1.58. The van der Waals surface area contributed by atoms with Gasteiger partial charge in [-0.05, 0) is 6.92 Å². The van der Waals surface area contributed by atoms with Crippen LogP contribution in [0.5, 0.6) is 0 Å². The van der Waals surface area contributed by atoms with Crippen molar-refractivity contribution in [1.82, 2.24) is 5.32 Å². The number of hydrogen-bond donors (Lipinski definition) is 1. The molecule has 0 saturated heterocycles. The summed E-state index contributed by atoms with van der Waals surface area (Å²) < 4.78 is 21.1. The van der Waals surface area contributed by atoms with Gasteiger partial charge in [0.15, 0.2) is 0 Å². The van der Waals surface area contributed by atoms with Gasteiger partial charge in [-0.3, -0.25) is 0 Å². The molecule has 0 heterocycles. The Morgan fingerprint density at radius 1 is 1.58 bits per heavy atom. The molecule has 0 aliphatic heterocycles. The lowest BCUT2D eigenvalue weighted by molar-refractivity contribution is 0.0248. The van der Waals surface area contributed by atoms with E-state index in [0.29, 0.717) is 6.54 Å². The van der Waals surface area contributed by atoms with Crippen LogP contribution >= 0.6 is 0 Å². The zero-order chi connectivity index (χ0) is 9.56. The van der Waals surface area contributed by atoms with Crippen molar-refractivity contribution in [2.45, 2.75) is 26.3 Å². The van der Waals surface area contributed by atoms with Gasteiger partial charge in [0.05, 0.1) is 6.10 Å². The molecule has 1 N–H and O–H groups in total. The molecule has 0 aromatic carbocycles. The fraction of sp³-hybridized carbons (Fsp3) is 0.857. The molecule has 0 saturated carbocycles. The number of nitrogens with one attached hydrogen (secondary N) is 1. The predicted octanol–water partition coefficient (Wildman–Crippen LogP) is 1.06. The highest BCUT2D eigenvalue weighted by Gasteiger charge is 2.07. The van der Waals surface area contributed by atoms with Crippen molar-refractivity contribution in [2.75, 3.05) is 13.7 Å². The molecule has 4 nitrogen and oxygen atoms in total. The number of halogens is 1. The van der Waals surface area contributed by atoms with Crippen LogP contribution in [-0.4, -0.2) is 32.2 Å². The minimum Gasteiger partial charge on any atom is -0.415 e. The van der Waals surface area contributed by atoms with E-state index < -0.39 is 12.5 Å². The lowest BCUT2D eigenvalue weighted by Crippen LogP contribution is -2.33. The number of amides is 1. The first kappa shape index (κ1) is 11.2. The van der Waals surface area contributed by atoms with E-state index in [4.69, 9.17) is 4.74 Å². The van der Waals surface area contributed by atoms with Gasteiger partial charge in [-0.25, -0.2) is 9.18 Å². The van der Waals surface area contributed by atoms with E-state index in [1.165, 1.54) is 7.11 Å². The van der Waals surface area contributed by atoms with E-state index >= 15 is 0 Å². The quantitative estimate of drug-likeness (QED) is 0.702. The average molecular weight is 179 g/mol. The first-order chi connectivity index (χ1) is 5.56. The summed E-state index contributed by atoms with van der Waals surface area (Å²) in [6.07, 6.45) is -2.45. The Bertz CT molecular complexity index is 141. The molecule has 2 unspecified atom stereocenters. The second-order valence-corrected chi connectivity index (χ2v) is 2.38. The van der Waals surface area contributed by atoms with Crippen LogP contribution < -0.4 is 5.32 Å². The molecule has 0 rings (SSSR count). The smallest absolute Gasteiger partial charge is 0.409 e. The molecular formula is C7H14FNO3. The van der Waals surface area contributed by atoms with Gasteiger partial charge in [-0.2, -0.15) is 0 Å². The topological polar surface area (TPSA) is 47.6 Å². The van der Waals surface area contributed by atoms with Gasteiger partial charge in [-0.15, -0.1) is 0 Å². The number of alkyl halides is 1. The highest BCUT2D eigenvalue weighted by molar-refractivity contribution is 5.67. The largest absolute Gasteiger partial charge is 0.415 e. The number of ether oxygens (including phenoxy) is 2. The van der Waals surface area contributed by atoms with E-state index in [9.17, 15) is 9.18 Å². The van der Waals surface area contributed by atoms with E-state index in [1.807, 2.05) is 0 Å². The minimum absolute atomic E-state index is 0.104. The SMILES string of the molecule is COC(C)CNC(=O)OC(C)F. The average Bonchev–Trinajstić information content (AvgIpc) is 1.99. The van der Waals surface area contributed by atoms with Crippen molar-refractivity contribution in [2.24, 2.45) is 0 Å². The molecule has 0 aromatic heterocycles. The maximum atomic E-state index is 12.0. The molecule has 5 heteroatoms. The van der Waals surface area contributed by atoms with Gasteiger partial charge in [0.2, 0.25) is 6.36 Å². The fourth-order valence-electron chi connectivity index (χ4n) is 0.500. The number of carbonyl (C=O) groups excluding carboxylic acids is 1. The summed E-state index contributed by atoms with van der Waals surface area (Å²) in [5.41, 5.74) is 0. The van der Waals surface area contributed by atoms with Crippen molar-refractivity contribution in [1.29, 1.82) is 0 Å². The lowest BCUT2D eigenvalue weighted by Gasteiger charge is -2.11. The zero-order valence-electron chi connectivity index (χ0n) is 7.46. The van der Waals surface area contributed by atoms with Gasteiger partial charge in [0, 0.05) is 20.6 Å². The van der Waals surface area contributed by atoms with Gasteiger partial charge < -0.3 is 14.8 Å². The first-order valence-corrected chi connectivity index (χ1v) is 3.67. The summed E-state index contributed by atoms with van der Waals surface area (Å²) in [6, 6.07) is 0. The van der Waals surface area contributed by atoms with Crippen molar-refractivity contribution >= 4 is 6.09 Å². The molecule has 0 radical (unpaired) electrons. The number of methoxy groups -OCH3 is 1. The summed E-state index contributed by atoms with van der Waals surface area (Å²) in [5, 5.41) is 2.34. The molecular weight excluding hydrogens is 165 g/mol. The summed E-state index contributed by atoms with van der Waals surface area (Å²) in [4.78, 5) is 10.6. The molecule has 0 aliphatic carbocycles. The molecule has 0 aliphatic rings. The van der Waals surface area contributed by atoms with Gasteiger partial charge >= 0.3 is 6.09 Å². The summed E-state index contributed by atoms with van der Waals surface area (Å²) in [5.74, 6) is 0. The first-order valence-electron chi connectivity index (χ1n) is 3.67. The molecule has 0 spiro atoms. The second kappa shape index (κ2) is 5.77. The second-order valence-electron chi connectivity index (χ2n) is 2.38. The van der Waals surface area contributed by atoms with Crippen LogP contribution in [0.1, 0.15) is 13.8 Å². The third-order valence-electron chi connectivity index (χ3n) is 1.21. The Hall–Kier alpha value is -0.840. The van der Waals surface area contributed by atoms with E-state index in [-0.39, 0.29) is 6.10 Å². The van der Waals surface area contributed by atoms with E-state index in [1.54, 1.807) is 6.92 Å². The number of carbonyl (C=O) groups is 1. The Morgan fingerprint density at radius 2 is 2.17 bits per heavy atom. The van der Waals surface area contributed by atoms with Crippen LogP contribution in [0.15, 0.2) is 0 Å². The van der Waals surface area contributed by atoms with Crippen LogP contribution in [0.2, 0.25) is 0 Å². The number of rotatable bonds is 4. The van der Waals surface area contributed by atoms with Crippen molar-refractivity contribution < 1.29 is 18.7 Å². The Kier molecular flexibility index (Phi) is 5.36. The summed E-state index contributed by atoms with van der Waals surface area (Å²) in [6.45, 7) is 3.22. The molecule has 0 aromatic rings. The van der Waals surface area contributed by atoms with Gasteiger partial charge in [0.25, 0.3) is 0 Å². The monoisotopic (exact) mass is 179 g/mol. The van der Waals surface area contributed by atoms with Crippen LogP contribution in [0.3, 0.4) is 0 Å². The fourth-order valence-corrected chi connectivity index (χ4v) is 0.500. The van der Waals surface area contributed by atoms with Crippen molar-refractivity contribution in [3.05, 3.63) is 0 Å². The maximum Gasteiger partial charge on any atom is 0.409 e. The number of alkyl carbamates (subject to hydrolysis) is 1. The summed E-state index contributed by atoms with van der Waals surface area (Å²) >= 11 is 0. The van der Waals surface area contributed by atoms with Gasteiger partial charge in [0.1, 0.15) is 0 Å². The third kappa shape index (κ3) is 5.91. The summed E-state index contributed by atoms with van der Waals surface area (Å²) in [7, 11) is 1.52. The zero-order valence-corrected chi connectivity index (χ0v) is 7.46. The molecule has 0 fully saturated rings. The molecule has 0 bridgehead atoms. The van der Waals surface area contributed by atoms with Crippen LogP contribution in [0.25, 0.3) is 0 Å². The molecule has 12 heavy (non-hydrogen) atoms. The highest BCUT2D eigenvalue weighted by atomic mass is 19.1. The van der Waals surface area contributed by atoms with Crippen LogP contribution in [-0.2, 0) is 9.47 Å². The Balaban J connectivity index is 3.44. The number of hydrogen-bond acceptors (Lipinski definition) is 3. The predicted molar refractivity (Wildman–Crippen MR) is 41.5 cm³/mol. The van der Waals surface area contributed by atoms with E-state index in [0.717, 1.165) is 6.92 Å². The lowest BCUT2D eigenvalue weighted by atomic mass is 10.4. The normalized spacial score (nSPS) is 15.0. The highest BCUT2D eigenvalue weighted by Crippen LogP contribution is 1.91. The van der Waals surface area contributed by atoms with Crippen LogP contribution in [0, 0.1) is 0 Å². The maximum absolute atomic E-state index is 12.0. The molecule has 72 valence electrons. The molecule has 2 atom stereocenters. The standard InChI is InChI=1S/C7H14FNO3/c1-5(11-3)4-9-7(10)12-6(2)8/h5-6H,4H2,1-3H3,(H,9,10). The Labute approximate surface area is 71.0 Å². The molecule has 1 amide bonds. The van der Waals surface area contributed by atoms with Gasteiger partial charge in [-0.1, -0.05) is 0 Å². The third-order valence-corrected chi connectivity index (χ3v) is 1.21. The Morgan fingerprint density at radius 3 is 2.58 bits per heavy atom.